The summed E-state index contributed by atoms with van der Waals surface area (Å²) in [4.78, 5) is 13.4. The van der Waals surface area contributed by atoms with E-state index in [9.17, 15) is 13.2 Å². The van der Waals surface area contributed by atoms with Gasteiger partial charge in [-0.2, -0.15) is 0 Å². The zero-order chi connectivity index (χ0) is 26.7. The number of hydrogen-bond acceptors (Lipinski definition) is 4. The van der Waals surface area contributed by atoms with Crippen molar-refractivity contribution in [2.24, 2.45) is 0 Å². The Morgan fingerprint density at radius 1 is 0.842 bits per heavy atom. The quantitative estimate of drug-likeness (QED) is 0.253. The van der Waals surface area contributed by atoms with E-state index in [2.05, 4.69) is 28.9 Å². The van der Waals surface area contributed by atoms with Crippen molar-refractivity contribution in [1.29, 1.82) is 0 Å². The Labute approximate surface area is 222 Å². The molecule has 8 heteroatoms. The lowest BCUT2D eigenvalue weighted by molar-refractivity contribution is -0.114. The lowest BCUT2D eigenvalue weighted by atomic mass is 10.1. The molecule has 1 heterocycles. The predicted octanol–water partition coefficient (Wildman–Crippen LogP) is 6.05. The number of aryl methyl sites for hydroxylation is 1. The number of hydrogen-bond donors (Lipinski definition) is 1. The molecule has 0 unspecified atom stereocenters. The van der Waals surface area contributed by atoms with Crippen molar-refractivity contribution in [1.82, 2.24) is 4.57 Å². The largest absolute Gasteiger partial charge is 0.492 e. The molecule has 5 aromatic rings. The molecule has 0 saturated carbocycles. The molecule has 0 aliphatic rings. The Hall–Kier alpha value is -4.30. The maximum Gasteiger partial charge on any atom is 0.264 e. The van der Waals surface area contributed by atoms with E-state index in [0.29, 0.717) is 23.7 Å². The Morgan fingerprint density at radius 2 is 1.53 bits per heavy atom. The number of ether oxygens (including phenoxy) is 1. The van der Waals surface area contributed by atoms with Crippen LogP contribution in [0.15, 0.2) is 102 Å². The zero-order valence-corrected chi connectivity index (χ0v) is 22.1. The van der Waals surface area contributed by atoms with Gasteiger partial charge >= 0.3 is 0 Å². The first kappa shape index (κ1) is 25.4. The number of anilines is 2. The van der Waals surface area contributed by atoms with E-state index >= 15 is 0 Å². The van der Waals surface area contributed by atoms with Crippen LogP contribution in [0.3, 0.4) is 0 Å². The van der Waals surface area contributed by atoms with Gasteiger partial charge in [-0.15, -0.1) is 0 Å². The molecule has 194 valence electrons. The van der Waals surface area contributed by atoms with Crippen LogP contribution in [-0.4, -0.2) is 32.0 Å². The molecule has 1 amide bonds. The van der Waals surface area contributed by atoms with E-state index in [-0.39, 0.29) is 4.90 Å². The van der Waals surface area contributed by atoms with Crippen LogP contribution in [0.25, 0.3) is 21.8 Å². The SMILES string of the molecule is CCOc1ccccc1N(CC(=O)Nc1ccc2c(c1)c1ccccc1n2CC)S(=O)(=O)c1ccccc1. The molecular weight excluding hydrogens is 498 g/mol. The third-order valence-corrected chi connectivity index (χ3v) is 8.20. The predicted molar refractivity (Wildman–Crippen MR) is 152 cm³/mol. The maximum atomic E-state index is 13.7. The Balaban J connectivity index is 1.50. The van der Waals surface area contributed by atoms with E-state index in [1.54, 1.807) is 42.5 Å². The smallest absolute Gasteiger partial charge is 0.264 e. The minimum Gasteiger partial charge on any atom is -0.492 e. The number of rotatable bonds is 9. The van der Waals surface area contributed by atoms with Crippen LogP contribution >= 0.6 is 0 Å². The van der Waals surface area contributed by atoms with Gasteiger partial charge in [-0.3, -0.25) is 9.10 Å². The van der Waals surface area contributed by atoms with Crippen LogP contribution in [0, 0.1) is 0 Å². The van der Waals surface area contributed by atoms with E-state index in [1.807, 2.05) is 37.3 Å². The van der Waals surface area contributed by atoms with Gasteiger partial charge in [0, 0.05) is 34.0 Å². The molecule has 38 heavy (non-hydrogen) atoms. The van der Waals surface area contributed by atoms with Gasteiger partial charge in [0.25, 0.3) is 10.0 Å². The summed E-state index contributed by atoms with van der Waals surface area (Å²) in [5.41, 5.74) is 3.10. The van der Waals surface area contributed by atoms with Crippen LogP contribution in [-0.2, 0) is 21.4 Å². The van der Waals surface area contributed by atoms with Crippen LogP contribution in [0.4, 0.5) is 11.4 Å². The molecule has 0 saturated heterocycles. The van der Waals surface area contributed by atoms with Gasteiger partial charge in [0.1, 0.15) is 12.3 Å². The molecule has 4 aromatic carbocycles. The first-order chi connectivity index (χ1) is 18.4. The Kier molecular flexibility index (Phi) is 7.07. The van der Waals surface area contributed by atoms with Gasteiger partial charge in [-0.25, -0.2) is 8.42 Å². The third kappa shape index (κ3) is 4.70. The summed E-state index contributed by atoms with van der Waals surface area (Å²) in [5, 5.41) is 5.03. The number of nitrogens with zero attached hydrogens (tertiary/aromatic N) is 2. The standard InChI is InChI=1S/C30H29N3O4S/c1-3-32-26-15-9-8-14-24(26)25-20-22(18-19-27(25)32)31-30(34)21-33(28-16-10-11-17-29(28)37-4-2)38(35,36)23-12-6-5-7-13-23/h5-20H,3-4,21H2,1-2H3,(H,31,34). The molecule has 1 aromatic heterocycles. The fraction of sp³-hybridized carbons (Fsp3) is 0.167. The average molecular weight is 528 g/mol. The first-order valence-electron chi connectivity index (χ1n) is 12.5. The topological polar surface area (TPSA) is 80.6 Å². The number of sulfonamides is 1. The molecule has 0 spiro atoms. The molecule has 5 rings (SSSR count). The van der Waals surface area contributed by atoms with E-state index in [0.717, 1.165) is 32.7 Å². The molecule has 0 radical (unpaired) electrons. The first-order valence-corrected chi connectivity index (χ1v) is 14.0. The van der Waals surface area contributed by atoms with Gasteiger partial charge in [-0.1, -0.05) is 48.5 Å². The number of carbonyl (C=O) groups excluding carboxylic acids is 1. The molecule has 7 nitrogen and oxygen atoms in total. The fourth-order valence-corrected chi connectivity index (χ4v) is 6.22. The third-order valence-electron chi connectivity index (χ3n) is 6.42. The van der Waals surface area contributed by atoms with Crippen LogP contribution < -0.4 is 14.4 Å². The van der Waals surface area contributed by atoms with Crippen molar-refractivity contribution in [3.8, 4) is 5.75 Å². The second-order valence-corrected chi connectivity index (χ2v) is 10.6. The van der Waals surface area contributed by atoms with Gasteiger partial charge in [0.15, 0.2) is 0 Å². The monoisotopic (exact) mass is 527 g/mol. The van der Waals surface area contributed by atoms with Crippen LogP contribution in [0.5, 0.6) is 5.75 Å². The minimum absolute atomic E-state index is 0.0906. The van der Waals surface area contributed by atoms with Crippen molar-refractivity contribution >= 4 is 49.1 Å². The van der Waals surface area contributed by atoms with E-state index in [4.69, 9.17) is 4.74 Å². The number of aromatic nitrogens is 1. The normalized spacial score (nSPS) is 11.5. The highest BCUT2D eigenvalue weighted by molar-refractivity contribution is 7.92. The van der Waals surface area contributed by atoms with Crippen molar-refractivity contribution in [2.75, 3.05) is 22.8 Å². The molecule has 1 N–H and O–H groups in total. The summed E-state index contributed by atoms with van der Waals surface area (Å²) in [6, 6.07) is 28.8. The minimum atomic E-state index is -4.06. The van der Waals surface area contributed by atoms with Crippen molar-refractivity contribution in [3.63, 3.8) is 0 Å². The summed E-state index contributed by atoms with van der Waals surface area (Å²) in [5.74, 6) is -0.0783. The second kappa shape index (κ2) is 10.6. The highest BCUT2D eigenvalue weighted by Gasteiger charge is 2.29. The molecular formula is C30H29N3O4S. The number of nitrogens with one attached hydrogen (secondary N) is 1. The second-order valence-electron chi connectivity index (χ2n) is 8.77. The number of amides is 1. The molecule has 0 aliphatic heterocycles. The molecule has 0 atom stereocenters. The average Bonchev–Trinajstić information content (AvgIpc) is 3.26. The van der Waals surface area contributed by atoms with Gasteiger partial charge in [-0.05, 0) is 62.4 Å². The van der Waals surface area contributed by atoms with Gasteiger partial charge in [0.05, 0.1) is 17.2 Å². The van der Waals surface area contributed by atoms with Crippen molar-refractivity contribution in [3.05, 3.63) is 97.1 Å². The zero-order valence-electron chi connectivity index (χ0n) is 21.3. The highest BCUT2D eigenvalue weighted by Crippen LogP contribution is 2.33. The van der Waals surface area contributed by atoms with E-state index in [1.165, 1.54) is 12.1 Å². The highest BCUT2D eigenvalue weighted by atomic mass is 32.2. The molecule has 0 fully saturated rings. The summed E-state index contributed by atoms with van der Waals surface area (Å²) in [6.45, 7) is 4.68. The Bertz CT molecular complexity index is 1710. The lowest BCUT2D eigenvalue weighted by Gasteiger charge is -2.26. The number of carbonyl (C=O) groups is 1. The number of fused-ring (bicyclic) bond motifs is 3. The summed E-state index contributed by atoms with van der Waals surface area (Å²) in [6.07, 6.45) is 0. The molecule has 0 bridgehead atoms. The van der Waals surface area contributed by atoms with Crippen LogP contribution in [0.1, 0.15) is 13.8 Å². The van der Waals surface area contributed by atoms with E-state index < -0.39 is 22.5 Å². The van der Waals surface area contributed by atoms with Gasteiger partial charge in [0.2, 0.25) is 5.91 Å². The summed E-state index contributed by atoms with van der Waals surface area (Å²) in [7, 11) is -4.06. The maximum absolute atomic E-state index is 13.7. The summed E-state index contributed by atoms with van der Waals surface area (Å²) >= 11 is 0. The van der Waals surface area contributed by atoms with Crippen molar-refractivity contribution < 1.29 is 17.9 Å². The fourth-order valence-electron chi connectivity index (χ4n) is 4.76. The van der Waals surface area contributed by atoms with Crippen LogP contribution in [0.2, 0.25) is 0 Å². The number of para-hydroxylation sites is 3. The lowest BCUT2D eigenvalue weighted by Crippen LogP contribution is -2.38. The van der Waals surface area contributed by atoms with Crippen molar-refractivity contribution in [2.45, 2.75) is 25.3 Å². The Morgan fingerprint density at radius 3 is 2.29 bits per heavy atom. The summed E-state index contributed by atoms with van der Waals surface area (Å²) < 4.78 is 36.5. The number of benzene rings is 4. The van der Waals surface area contributed by atoms with Gasteiger partial charge < -0.3 is 14.6 Å². The molecule has 0 aliphatic carbocycles.